The number of nitrogens with zero attached hydrogens (tertiary/aromatic N) is 1. The summed E-state index contributed by atoms with van der Waals surface area (Å²) in [5, 5.41) is 13.1. The van der Waals surface area contributed by atoms with Gasteiger partial charge in [-0.25, -0.2) is 4.79 Å². The van der Waals surface area contributed by atoms with Gasteiger partial charge in [0.05, 0.1) is 6.61 Å². The van der Waals surface area contributed by atoms with Crippen LogP contribution in [0.2, 0.25) is 0 Å². The quantitative estimate of drug-likeness (QED) is 0.807. The Labute approximate surface area is 147 Å². The van der Waals surface area contributed by atoms with Crippen LogP contribution < -0.4 is 5.32 Å². The van der Waals surface area contributed by atoms with Crippen molar-refractivity contribution in [2.45, 2.75) is 84.4 Å². The number of amides is 1. The summed E-state index contributed by atoms with van der Waals surface area (Å²) >= 11 is 0. The standard InChI is InChI=1S/C19H36N2O3/c1-14(2)10-15(13-22)20-16-11-19(12-16)6-8-21(9-7-19)17(23)24-18(3,4)5/h14-16,20,22H,6-13H2,1-5H3. The third kappa shape index (κ3) is 5.35. The van der Waals surface area contributed by atoms with Gasteiger partial charge in [0.15, 0.2) is 0 Å². The topological polar surface area (TPSA) is 61.8 Å². The number of carbonyl (C=O) groups excluding carboxylic acids is 1. The molecular weight excluding hydrogens is 304 g/mol. The second-order valence-electron chi connectivity index (χ2n) is 9.25. The Balaban J connectivity index is 1.73. The molecule has 0 aromatic rings. The van der Waals surface area contributed by atoms with Crippen LogP contribution in [0.3, 0.4) is 0 Å². The smallest absolute Gasteiger partial charge is 0.410 e. The number of carbonyl (C=O) groups is 1. The zero-order valence-electron chi connectivity index (χ0n) is 16.1. The summed E-state index contributed by atoms with van der Waals surface area (Å²) in [6.07, 6.45) is 5.32. The average Bonchev–Trinajstić information content (AvgIpc) is 2.43. The molecule has 1 aliphatic heterocycles. The van der Waals surface area contributed by atoms with Gasteiger partial charge in [-0.15, -0.1) is 0 Å². The van der Waals surface area contributed by atoms with Crippen molar-refractivity contribution in [1.82, 2.24) is 10.2 Å². The van der Waals surface area contributed by atoms with Gasteiger partial charge in [0.2, 0.25) is 0 Å². The normalized spacial score (nSPS) is 22.5. The van der Waals surface area contributed by atoms with Crippen molar-refractivity contribution in [3.63, 3.8) is 0 Å². The zero-order chi connectivity index (χ0) is 18.0. The van der Waals surface area contributed by atoms with E-state index in [9.17, 15) is 9.90 Å². The van der Waals surface area contributed by atoms with Crippen LogP contribution in [-0.2, 0) is 4.74 Å². The first kappa shape index (κ1) is 19.5. The van der Waals surface area contributed by atoms with E-state index in [1.807, 2.05) is 25.7 Å². The number of ether oxygens (including phenoxy) is 1. The first-order valence-corrected chi connectivity index (χ1v) is 9.47. The SMILES string of the molecule is CC(C)CC(CO)NC1CC2(CCN(C(=O)OC(C)(C)C)CC2)C1. The Morgan fingerprint density at radius 3 is 2.33 bits per heavy atom. The average molecular weight is 341 g/mol. The molecule has 1 saturated carbocycles. The van der Waals surface area contributed by atoms with E-state index in [4.69, 9.17) is 4.74 Å². The molecule has 5 heteroatoms. The number of piperidine rings is 1. The number of aliphatic hydroxyl groups is 1. The second kappa shape index (κ2) is 7.61. The highest BCUT2D eigenvalue weighted by Crippen LogP contribution is 2.49. The minimum Gasteiger partial charge on any atom is -0.444 e. The highest BCUT2D eigenvalue weighted by Gasteiger charge is 2.47. The zero-order valence-corrected chi connectivity index (χ0v) is 16.1. The number of aliphatic hydroxyl groups excluding tert-OH is 1. The molecule has 1 atom stereocenters. The molecule has 2 rings (SSSR count). The summed E-state index contributed by atoms with van der Waals surface area (Å²) in [6, 6.07) is 0.739. The molecule has 1 amide bonds. The summed E-state index contributed by atoms with van der Waals surface area (Å²) in [6.45, 7) is 11.9. The maximum atomic E-state index is 12.1. The number of hydrogen-bond donors (Lipinski definition) is 2. The van der Waals surface area contributed by atoms with Crippen molar-refractivity contribution in [3.05, 3.63) is 0 Å². The van der Waals surface area contributed by atoms with Crippen LogP contribution in [0.1, 0.15) is 66.7 Å². The molecule has 1 spiro atoms. The van der Waals surface area contributed by atoms with E-state index in [1.165, 1.54) is 12.8 Å². The largest absolute Gasteiger partial charge is 0.444 e. The highest BCUT2D eigenvalue weighted by molar-refractivity contribution is 5.68. The monoisotopic (exact) mass is 340 g/mol. The van der Waals surface area contributed by atoms with Crippen molar-refractivity contribution in [2.75, 3.05) is 19.7 Å². The third-order valence-corrected chi connectivity index (χ3v) is 5.28. The van der Waals surface area contributed by atoms with E-state index in [0.717, 1.165) is 32.4 Å². The lowest BCUT2D eigenvalue weighted by atomic mass is 9.60. The second-order valence-corrected chi connectivity index (χ2v) is 9.25. The van der Waals surface area contributed by atoms with Gasteiger partial charge in [-0.05, 0) is 64.2 Å². The van der Waals surface area contributed by atoms with Crippen LogP contribution >= 0.6 is 0 Å². The van der Waals surface area contributed by atoms with Crippen LogP contribution in [-0.4, -0.2) is 53.5 Å². The van der Waals surface area contributed by atoms with Crippen LogP contribution in [0, 0.1) is 11.3 Å². The summed E-state index contributed by atoms with van der Waals surface area (Å²) in [5.74, 6) is 0.598. The Bertz CT molecular complexity index is 415. The first-order valence-electron chi connectivity index (χ1n) is 9.47. The summed E-state index contributed by atoms with van der Waals surface area (Å²) in [4.78, 5) is 14.0. The predicted molar refractivity (Wildman–Crippen MR) is 96.0 cm³/mol. The van der Waals surface area contributed by atoms with Gasteiger partial charge in [0.25, 0.3) is 0 Å². The molecule has 2 aliphatic rings. The summed E-state index contributed by atoms with van der Waals surface area (Å²) in [5.41, 5.74) is -0.0263. The minimum absolute atomic E-state index is 0.177. The van der Waals surface area contributed by atoms with Gasteiger partial charge in [-0.3, -0.25) is 0 Å². The van der Waals surface area contributed by atoms with Gasteiger partial charge in [-0.1, -0.05) is 13.8 Å². The van der Waals surface area contributed by atoms with E-state index in [1.54, 1.807) is 0 Å². The number of rotatable bonds is 5. The molecule has 2 fully saturated rings. The van der Waals surface area contributed by atoms with Crippen LogP contribution in [0.4, 0.5) is 4.79 Å². The maximum Gasteiger partial charge on any atom is 0.410 e. The number of nitrogens with one attached hydrogen (secondary N) is 1. The van der Waals surface area contributed by atoms with Crippen molar-refractivity contribution >= 4 is 6.09 Å². The lowest BCUT2D eigenvalue weighted by molar-refractivity contribution is -0.0195. The fourth-order valence-electron chi connectivity index (χ4n) is 4.10. The number of likely N-dealkylation sites (tertiary alicyclic amines) is 1. The van der Waals surface area contributed by atoms with Crippen LogP contribution in [0.15, 0.2) is 0 Å². The van der Waals surface area contributed by atoms with Gasteiger partial charge in [0, 0.05) is 25.2 Å². The molecule has 0 radical (unpaired) electrons. The fourth-order valence-corrected chi connectivity index (χ4v) is 4.10. The Hall–Kier alpha value is -0.810. The summed E-state index contributed by atoms with van der Waals surface area (Å²) < 4.78 is 5.47. The lowest BCUT2D eigenvalue weighted by Gasteiger charge is -2.53. The van der Waals surface area contributed by atoms with E-state index in [2.05, 4.69) is 19.2 Å². The molecule has 0 bridgehead atoms. The summed E-state index contributed by atoms with van der Waals surface area (Å²) in [7, 11) is 0. The molecule has 0 aromatic carbocycles. The predicted octanol–water partition coefficient (Wildman–Crippen LogP) is 3.16. The molecule has 1 unspecified atom stereocenters. The van der Waals surface area contributed by atoms with E-state index >= 15 is 0 Å². The molecule has 1 heterocycles. The van der Waals surface area contributed by atoms with Crippen LogP contribution in [0.5, 0.6) is 0 Å². The van der Waals surface area contributed by atoms with E-state index in [-0.39, 0.29) is 18.7 Å². The van der Waals surface area contributed by atoms with Crippen molar-refractivity contribution in [1.29, 1.82) is 0 Å². The molecule has 5 nitrogen and oxygen atoms in total. The number of hydrogen-bond acceptors (Lipinski definition) is 4. The molecular formula is C19H36N2O3. The van der Waals surface area contributed by atoms with E-state index in [0.29, 0.717) is 17.4 Å². The third-order valence-electron chi connectivity index (χ3n) is 5.28. The molecule has 0 aromatic heterocycles. The van der Waals surface area contributed by atoms with Crippen molar-refractivity contribution < 1.29 is 14.6 Å². The molecule has 24 heavy (non-hydrogen) atoms. The van der Waals surface area contributed by atoms with E-state index < -0.39 is 5.60 Å². The Morgan fingerprint density at radius 1 is 1.29 bits per heavy atom. The Morgan fingerprint density at radius 2 is 1.88 bits per heavy atom. The molecule has 1 aliphatic carbocycles. The van der Waals surface area contributed by atoms with Gasteiger partial charge in [0.1, 0.15) is 5.60 Å². The first-order chi connectivity index (χ1) is 11.1. The van der Waals surface area contributed by atoms with Gasteiger partial charge < -0.3 is 20.1 Å². The van der Waals surface area contributed by atoms with Crippen molar-refractivity contribution in [2.24, 2.45) is 11.3 Å². The highest BCUT2D eigenvalue weighted by atomic mass is 16.6. The minimum atomic E-state index is -0.423. The van der Waals surface area contributed by atoms with Crippen molar-refractivity contribution in [3.8, 4) is 0 Å². The lowest BCUT2D eigenvalue weighted by Crippen LogP contribution is -2.57. The molecule has 2 N–H and O–H groups in total. The molecule has 140 valence electrons. The Kier molecular flexibility index (Phi) is 6.19. The van der Waals surface area contributed by atoms with Crippen LogP contribution in [0.25, 0.3) is 0 Å². The molecule has 1 saturated heterocycles. The van der Waals surface area contributed by atoms with Gasteiger partial charge in [-0.2, -0.15) is 0 Å². The maximum absolute atomic E-state index is 12.1. The fraction of sp³-hybridized carbons (Fsp3) is 0.947. The van der Waals surface area contributed by atoms with Gasteiger partial charge >= 0.3 is 6.09 Å².